The third-order valence-corrected chi connectivity index (χ3v) is 1.70. The van der Waals surface area contributed by atoms with E-state index in [4.69, 9.17) is 11.6 Å². The number of hydrogen-bond donors (Lipinski definition) is 1. The van der Waals surface area contributed by atoms with Crippen molar-refractivity contribution in [2.24, 2.45) is 0 Å². The molecule has 0 atom stereocenters. The number of rotatable bonds is 1. The van der Waals surface area contributed by atoms with Gasteiger partial charge in [-0.25, -0.2) is 0 Å². The summed E-state index contributed by atoms with van der Waals surface area (Å²) in [7, 11) is 0. The Morgan fingerprint density at radius 1 is 1.73 bits per heavy atom. The van der Waals surface area contributed by atoms with E-state index in [2.05, 4.69) is 11.6 Å². The van der Waals surface area contributed by atoms with Crippen LogP contribution in [-0.4, -0.2) is 4.98 Å². The summed E-state index contributed by atoms with van der Waals surface area (Å²) in [5.74, 6) is 0. The molecule has 1 aromatic heterocycles. The molecule has 0 saturated carbocycles. The molecule has 11 heavy (non-hydrogen) atoms. The lowest BCUT2D eigenvalue weighted by Gasteiger charge is -1.99. The van der Waals surface area contributed by atoms with Crippen molar-refractivity contribution in [2.45, 2.75) is 6.92 Å². The van der Waals surface area contributed by atoms with E-state index < -0.39 is 0 Å². The highest BCUT2D eigenvalue weighted by molar-refractivity contribution is 6.48. The lowest BCUT2D eigenvalue weighted by molar-refractivity contribution is 1.17. The summed E-state index contributed by atoms with van der Waals surface area (Å²) in [4.78, 5) is 13.5. The minimum absolute atomic E-state index is 0.121. The molecule has 1 N–H and O–H groups in total. The zero-order chi connectivity index (χ0) is 8.43. The molecule has 2 nitrogen and oxygen atoms in total. The van der Waals surface area contributed by atoms with Crippen LogP contribution in [0.4, 0.5) is 0 Å². The summed E-state index contributed by atoms with van der Waals surface area (Å²) < 4.78 is 0. The predicted octanol–water partition coefficient (Wildman–Crippen LogP) is 1.89. The van der Waals surface area contributed by atoms with Crippen LogP contribution in [0.15, 0.2) is 23.6 Å². The monoisotopic (exact) mass is 169 g/mol. The van der Waals surface area contributed by atoms with E-state index in [1.807, 2.05) is 0 Å². The number of nitrogens with one attached hydrogen (secondary N) is 1. The predicted molar refractivity (Wildman–Crippen MR) is 46.7 cm³/mol. The molecular formula is C8H8ClNO. The summed E-state index contributed by atoms with van der Waals surface area (Å²) >= 11 is 5.63. The fourth-order valence-electron chi connectivity index (χ4n) is 0.850. The van der Waals surface area contributed by atoms with Crippen molar-refractivity contribution in [1.82, 2.24) is 4.98 Å². The molecule has 0 saturated heterocycles. The fourth-order valence-corrected chi connectivity index (χ4v) is 1.05. The van der Waals surface area contributed by atoms with Gasteiger partial charge in [-0.05, 0) is 13.0 Å². The van der Waals surface area contributed by atoms with Gasteiger partial charge in [-0.1, -0.05) is 18.2 Å². The average Bonchev–Trinajstić information content (AvgIpc) is 1.94. The molecule has 0 spiro atoms. The molecule has 0 radical (unpaired) electrons. The van der Waals surface area contributed by atoms with Crippen molar-refractivity contribution in [2.75, 3.05) is 0 Å². The average molecular weight is 170 g/mol. The number of halogens is 1. The Kier molecular flexibility index (Phi) is 2.15. The molecule has 3 heteroatoms. The first-order chi connectivity index (χ1) is 5.13. The van der Waals surface area contributed by atoms with Crippen molar-refractivity contribution in [3.05, 3.63) is 40.3 Å². The summed E-state index contributed by atoms with van der Waals surface area (Å²) in [6, 6.07) is 1.73. The van der Waals surface area contributed by atoms with Crippen molar-refractivity contribution in [3.63, 3.8) is 0 Å². The summed E-state index contributed by atoms with van der Waals surface area (Å²) in [6.45, 7) is 5.25. The molecule has 1 aromatic rings. The maximum atomic E-state index is 11.0. The highest BCUT2D eigenvalue weighted by Crippen LogP contribution is 2.16. The van der Waals surface area contributed by atoms with Gasteiger partial charge in [0.2, 0.25) is 0 Å². The van der Waals surface area contributed by atoms with Gasteiger partial charge >= 0.3 is 0 Å². The van der Waals surface area contributed by atoms with E-state index in [1.165, 1.54) is 0 Å². The van der Waals surface area contributed by atoms with E-state index >= 15 is 0 Å². The van der Waals surface area contributed by atoms with Crippen LogP contribution in [0, 0.1) is 6.92 Å². The smallest absolute Gasteiger partial charge is 0.251 e. The lowest BCUT2D eigenvalue weighted by Crippen LogP contribution is -2.09. The SMILES string of the molecule is C=C(Cl)c1cc[nH]c(=O)c1C. The van der Waals surface area contributed by atoms with Gasteiger partial charge < -0.3 is 4.98 Å². The number of aromatic nitrogens is 1. The summed E-state index contributed by atoms with van der Waals surface area (Å²) in [5, 5.41) is 0.397. The zero-order valence-electron chi connectivity index (χ0n) is 6.15. The fraction of sp³-hybridized carbons (Fsp3) is 0.125. The topological polar surface area (TPSA) is 32.9 Å². The van der Waals surface area contributed by atoms with Crippen molar-refractivity contribution in [1.29, 1.82) is 0 Å². The number of H-pyrrole nitrogens is 1. The summed E-state index contributed by atoms with van der Waals surface area (Å²) in [6.07, 6.45) is 1.55. The van der Waals surface area contributed by atoms with Gasteiger partial charge in [0.25, 0.3) is 5.56 Å². The quantitative estimate of drug-likeness (QED) is 0.684. The van der Waals surface area contributed by atoms with Gasteiger partial charge in [0.1, 0.15) is 0 Å². The maximum absolute atomic E-state index is 11.0. The standard InChI is InChI=1S/C8H8ClNO/c1-5-7(6(2)9)3-4-10-8(5)11/h3-4H,2H2,1H3,(H,10,11). The molecule has 58 valence electrons. The van der Waals surface area contributed by atoms with E-state index in [0.717, 1.165) is 0 Å². The molecule has 0 aliphatic carbocycles. The van der Waals surface area contributed by atoms with Gasteiger partial charge in [0.05, 0.1) is 0 Å². The molecule has 0 bridgehead atoms. The van der Waals surface area contributed by atoms with E-state index in [9.17, 15) is 4.79 Å². The molecule has 0 aliphatic rings. The third-order valence-electron chi connectivity index (χ3n) is 1.50. The molecule has 0 fully saturated rings. The largest absolute Gasteiger partial charge is 0.329 e. The summed E-state index contributed by atoms with van der Waals surface area (Å²) in [5.41, 5.74) is 1.19. The number of aromatic amines is 1. The third kappa shape index (κ3) is 1.52. The molecule has 0 aromatic carbocycles. The Morgan fingerprint density at radius 3 is 2.82 bits per heavy atom. The molecular weight excluding hydrogens is 162 g/mol. The highest BCUT2D eigenvalue weighted by atomic mass is 35.5. The first-order valence-corrected chi connectivity index (χ1v) is 3.54. The van der Waals surface area contributed by atoms with Crippen LogP contribution in [0.2, 0.25) is 0 Å². The van der Waals surface area contributed by atoms with Crippen LogP contribution in [0.1, 0.15) is 11.1 Å². The van der Waals surface area contributed by atoms with Gasteiger partial charge in [-0.15, -0.1) is 0 Å². The number of pyridine rings is 1. The molecule has 0 aliphatic heterocycles. The molecule has 0 amide bonds. The van der Waals surface area contributed by atoms with E-state index in [-0.39, 0.29) is 5.56 Å². The Morgan fingerprint density at radius 2 is 2.36 bits per heavy atom. The first-order valence-electron chi connectivity index (χ1n) is 3.16. The highest BCUT2D eigenvalue weighted by Gasteiger charge is 2.01. The van der Waals surface area contributed by atoms with Crippen molar-refractivity contribution < 1.29 is 0 Å². The van der Waals surface area contributed by atoms with Crippen molar-refractivity contribution >= 4 is 16.6 Å². The van der Waals surface area contributed by atoms with Crippen LogP contribution in [-0.2, 0) is 0 Å². The molecule has 1 heterocycles. The first kappa shape index (κ1) is 8.08. The Labute approximate surface area is 69.5 Å². The van der Waals surface area contributed by atoms with E-state index in [1.54, 1.807) is 19.2 Å². The van der Waals surface area contributed by atoms with Crippen LogP contribution < -0.4 is 5.56 Å². The normalized spacial score (nSPS) is 9.64. The van der Waals surface area contributed by atoms with Gasteiger partial charge in [0, 0.05) is 22.4 Å². The van der Waals surface area contributed by atoms with Crippen LogP contribution in [0.25, 0.3) is 5.03 Å². The van der Waals surface area contributed by atoms with Crippen LogP contribution in [0.5, 0.6) is 0 Å². The number of hydrogen-bond acceptors (Lipinski definition) is 1. The van der Waals surface area contributed by atoms with Crippen LogP contribution >= 0.6 is 11.6 Å². The van der Waals surface area contributed by atoms with Gasteiger partial charge in [-0.3, -0.25) is 4.79 Å². The van der Waals surface area contributed by atoms with Gasteiger partial charge in [0.15, 0.2) is 0 Å². The van der Waals surface area contributed by atoms with Gasteiger partial charge in [-0.2, -0.15) is 0 Å². The lowest BCUT2D eigenvalue weighted by atomic mass is 10.1. The second kappa shape index (κ2) is 2.93. The minimum Gasteiger partial charge on any atom is -0.329 e. The zero-order valence-corrected chi connectivity index (χ0v) is 6.90. The van der Waals surface area contributed by atoms with E-state index in [0.29, 0.717) is 16.2 Å². The molecule has 1 rings (SSSR count). The van der Waals surface area contributed by atoms with Crippen molar-refractivity contribution in [3.8, 4) is 0 Å². The second-order valence-electron chi connectivity index (χ2n) is 2.25. The maximum Gasteiger partial charge on any atom is 0.251 e. The van der Waals surface area contributed by atoms with Crippen LogP contribution in [0.3, 0.4) is 0 Å². The Hall–Kier alpha value is -1.02. The Bertz CT molecular complexity index is 340. The second-order valence-corrected chi connectivity index (χ2v) is 2.71. The minimum atomic E-state index is -0.121. The molecule has 0 unspecified atom stereocenters. The Balaban J connectivity index is 3.39.